The molecule has 0 bridgehead atoms. The molecule has 17 heavy (non-hydrogen) atoms. The number of nitriles is 1. The lowest BCUT2D eigenvalue weighted by Gasteiger charge is -2.29. The predicted octanol–water partition coefficient (Wildman–Crippen LogP) is 1.53. The monoisotopic (exact) mass is 230 g/mol. The summed E-state index contributed by atoms with van der Waals surface area (Å²) >= 11 is 0. The number of hydrogen-bond donors (Lipinski definition) is 1. The zero-order valence-electron chi connectivity index (χ0n) is 10.2. The molecule has 1 N–H and O–H groups in total. The van der Waals surface area contributed by atoms with Crippen molar-refractivity contribution in [3.05, 3.63) is 23.9 Å². The van der Waals surface area contributed by atoms with Gasteiger partial charge < -0.3 is 10.2 Å². The largest absolute Gasteiger partial charge is 0.352 e. The van der Waals surface area contributed by atoms with Crippen molar-refractivity contribution in [1.82, 2.24) is 10.3 Å². The van der Waals surface area contributed by atoms with E-state index >= 15 is 0 Å². The molecule has 1 aromatic rings. The Morgan fingerprint density at radius 2 is 2.47 bits per heavy atom. The highest BCUT2D eigenvalue weighted by Crippen LogP contribution is 2.18. The average molecular weight is 230 g/mol. The van der Waals surface area contributed by atoms with E-state index in [-0.39, 0.29) is 0 Å². The fraction of sp³-hybridized carbons (Fsp3) is 0.538. The van der Waals surface area contributed by atoms with Crippen LogP contribution < -0.4 is 10.2 Å². The summed E-state index contributed by atoms with van der Waals surface area (Å²) in [5.41, 5.74) is 0.495. The van der Waals surface area contributed by atoms with Gasteiger partial charge in [0.1, 0.15) is 17.6 Å². The lowest BCUT2D eigenvalue weighted by molar-refractivity contribution is 0.618. The maximum atomic E-state index is 8.90. The molecule has 1 unspecified atom stereocenters. The number of pyridine rings is 1. The minimum Gasteiger partial charge on any atom is -0.352 e. The second-order valence-corrected chi connectivity index (χ2v) is 4.33. The Kier molecular flexibility index (Phi) is 3.94. The molecule has 1 aromatic heterocycles. The predicted molar refractivity (Wildman–Crippen MR) is 67.9 cm³/mol. The van der Waals surface area contributed by atoms with E-state index < -0.39 is 0 Å². The third kappa shape index (κ3) is 2.75. The Balaban J connectivity index is 2.21. The molecule has 1 aliphatic heterocycles. The molecule has 0 aromatic carbocycles. The molecule has 1 saturated heterocycles. The van der Waals surface area contributed by atoms with E-state index in [1.165, 1.54) is 0 Å². The lowest BCUT2D eigenvalue weighted by Crippen LogP contribution is -2.38. The van der Waals surface area contributed by atoms with E-state index in [9.17, 15) is 0 Å². The van der Waals surface area contributed by atoms with Gasteiger partial charge in [0.2, 0.25) is 0 Å². The van der Waals surface area contributed by atoms with E-state index in [4.69, 9.17) is 5.26 Å². The van der Waals surface area contributed by atoms with Crippen LogP contribution in [0.1, 0.15) is 25.5 Å². The molecule has 4 nitrogen and oxygen atoms in total. The van der Waals surface area contributed by atoms with Crippen molar-refractivity contribution in [3.63, 3.8) is 0 Å². The minimum atomic E-state index is 0.495. The summed E-state index contributed by atoms with van der Waals surface area (Å²) in [5.74, 6) is 0.930. The van der Waals surface area contributed by atoms with Crippen LogP contribution in [0.5, 0.6) is 0 Å². The molecule has 0 saturated carbocycles. The Morgan fingerprint density at radius 3 is 3.12 bits per heavy atom. The average Bonchev–Trinajstić information content (AvgIpc) is 2.89. The summed E-state index contributed by atoms with van der Waals surface area (Å²) in [5, 5.41) is 12.3. The third-order valence-electron chi connectivity index (χ3n) is 3.08. The Bertz CT molecular complexity index is 404. The van der Waals surface area contributed by atoms with Crippen molar-refractivity contribution in [3.8, 4) is 6.07 Å². The van der Waals surface area contributed by atoms with Crippen LogP contribution in [0.3, 0.4) is 0 Å². The molecule has 90 valence electrons. The summed E-state index contributed by atoms with van der Waals surface area (Å²) < 4.78 is 0. The molecule has 2 rings (SSSR count). The SMILES string of the molecule is CCCN(c1cccc(C#N)n1)C1CCNC1. The fourth-order valence-electron chi connectivity index (χ4n) is 2.28. The molecule has 1 fully saturated rings. The lowest BCUT2D eigenvalue weighted by atomic mass is 10.2. The van der Waals surface area contributed by atoms with Crippen molar-refractivity contribution < 1.29 is 0 Å². The van der Waals surface area contributed by atoms with Crippen LogP contribution >= 0.6 is 0 Å². The number of aromatic nitrogens is 1. The fourth-order valence-corrected chi connectivity index (χ4v) is 2.28. The number of nitrogens with zero attached hydrogens (tertiary/aromatic N) is 3. The Hall–Kier alpha value is -1.60. The van der Waals surface area contributed by atoms with E-state index in [1.54, 1.807) is 6.07 Å². The molecular formula is C13H18N4. The summed E-state index contributed by atoms with van der Waals surface area (Å²) in [4.78, 5) is 6.71. The molecule has 0 aliphatic carbocycles. The van der Waals surface area contributed by atoms with E-state index in [0.717, 1.165) is 38.3 Å². The molecular weight excluding hydrogens is 212 g/mol. The van der Waals surface area contributed by atoms with E-state index in [2.05, 4.69) is 28.2 Å². The van der Waals surface area contributed by atoms with Gasteiger partial charge in [-0.2, -0.15) is 5.26 Å². The zero-order valence-corrected chi connectivity index (χ0v) is 10.2. The van der Waals surface area contributed by atoms with Gasteiger partial charge >= 0.3 is 0 Å². The highest BCUT2D eigenvalue weighted by molar-refractivity contribution is 5.43. The minimum absolute atomic E-state index is 0.495. The van der Waals surface area contributed by atoms with Gasteiger partial charge in [-0.25, -0.2) is 4.98 Å². The Morgan fingerprint density at radius 1 is 1.59 bits per heavy atom. The summed E-state index contributed by atoms with van der Waals surface area (Å²) in [7, 11) is 0. The van der Waals surface area contributed by atoms with E-state index in [0.29, 0.717) is 11.7 Å². The van der Waals surface area contributed by atoms with Crippen molar-refractivity contribution in [1.29, 1.82) is 5.26 Å². The number of nitrogens with one attached hydrogen (secondary N) is 1. The molecule has 4 heteroatoms. The van der Waals surface area contributed by atoms with Crippen LogP contribution in [0.4, 0.5) is 5.82 Å². The van der Waals surface area contributed by atoms with Crippen molar-refractivity contribution in [2.24, 2.45) is 0 Å². The van der Waals surface area contributed by atoms with Gasteiger partial charge in [0.25, 0.3) is 0 Å². The van der Waals surface area contributed by atoms with Gasteiger partial charge in [-0.05, 0) is 31.5 Å². The number of rotatable bonds is 4. The van der Waals surface area contributed by atoms with Crippen LogP contribution in [0.25, 0.3) is 0 Å². The first kappa shape index (κ1) is 11.9. The molecule has 0 spiro atoms. The van der Waals surface area contributed by atoms with Crippen LogP contribution in [-0.4, -0.2) is 30.7 Å². The smallest absolute Gasteiger partial charge is 0.142 e. The second-order valence-electron chi connectivity index (χ2n) is 4.33. The van der Waals surface area contributed by atoms with Crippen LogP contribution in [0, 0.1) is 11.3 Å². The molecule has 1 atom stereocenters. The van der Waals surface area contributed by atoms with Crippen molar-refractivity contribution in [2.45, 2.75) is 25.8 Å². The number of hydrogen-bond acceptors (Lipinski definition) is 4. The third-order valence-corrected chi connectivity index (χ3v) is 3.08. The van der Waals surface area contributed by atoms with E-state index in [1.807, 2.05) is 12.1 Å². The van der Waals surface area contributed by atoms with Crippen molar-refractivity contribution >= 4 is 5.82 Å². The first-order valence-electron chi connectivity index (χ1n) is 6.19. The van der Waals surface area contributed by atoms with Gasteiger partial charge in [0.05, 0.1) is 0 Å². The van der Waals surface area contributed by atoms with Crippen LogP contribution in [-0.2, 0) is 0 Å². The molecule has 0 amide bonds. The summed E-state index contributed by atoms with van der Waals surface area (Å²) in [6, 6.07) is 8.27. The second kappa shape index (κ2) is 5.65. The normalized spacial score (nSPS) is 18.9. The summed E-state index contributed by atoms with van der Waals surface area (Å²) in [6.07, 6.45) is 2.24. The highest BCUT2D eigenvalue weighted by Gasteiger charge is 2.22. The maximum Gasteiger partial charge on any atom is 0.142 e. The van der Waals surface area contributed by atoms with Crippen LogP contribution in [0.2, 0.25) is 0 Å². The number of anilines is 1. The summed E-state index contributed by atoms with van der Waals surface area (Å²) in [6.45, 7) is 5.25. The quantitative estimate of drug-likeness (QED) is 0.852. The first-order chi connectivity index (χ1) is 8.35. The molecule has 0 radical (unpaired) electrons. The van der Waals surface area contributed by atoms with Gasteiger partial charge in [-0.3, -0.25) is 0 Å². The van der Waals surface area contributed by atoms with Gasteiger partial charge in [-0.1, -0.05) is 13.0 Å². The highest BCUT2D eigenvalue weighted by atomic mass is 15.2. The van der Waals surface area contributed by atoms with Crippen molar-refractivity contribution in [2.75, 3.05) is 24.5 Å². The van der Waals surface area contributed by atoms with Gasteiger partial charge in [0, 0.05) is 19.1 Å². The standard InChI is InChI=1S/C13H18N4/c1-2-8-17(12-6-7-15-10-12)13-5-3-4-11(9-14)16-13/h3-5,12,15H,2,6-8,10H2,1H3. The van der Waals surface area contributed by atoms with Crippen LogP contribution in [0.15, 0.2) is 18.2 Å². The maximum absolute atomic E-state index is 8.90. The topological polar surface area (TPSA) is 52.0 Å². The Labute approximate surface area is 102 Å². The molecule has 2 heterocycles. The van der Waals surface area contributed by atoms with Gasteiger partial charge in [0.15, 0.2) is 0 Å². The zero-order chi connectivity index (χ0) is 12.1. The molecule has 1 aliphatic rings. The van der Waals surface area contributed by atoms with Gasteiger partial charge in [-0.15, -0.1) is 0 Å². The first-order valence-corrected chi connectivity index (χ1v) is 6.19.